The van der Waals surface area contributed by atoms with Crippen LogP contribution in [0.5, 0.6) is 0 Å². The number of carbonyl (C=O) groups is 1. The summed E-state index contributed by atoms with van der Waals surface area (Å²) in [5, 5.41) is 3.84. The van der Waals surface area contributed by atoms with Crippen LogP contribution in [0, 0.1) is 0 Å². The van der Waals surface area contributed by atoms with Crippen LogP contribution >= 0.6 is 23.2 Å². The van der Waals surface area contributed by atoms with Gasteiger partial charge in [-0.05, 0) is 23.8 Å². The standard InChI is InChI=1S/C14H13Cl2N3O/c15-11-3-1-10(12(16)9-11)2-4-14(20)19-6-5-13-17-7-8-18-13/h1-4,7-9H,5-6H2,(H,17,18)(H,19,20)/b4-2+. The van der Waals surface area contributed by atoms with E-state index >= 15 is 0 Å². The lowest BCUT2D eigenvalue weighted by molar-refractivity contribution is -0.116. The van der Waals surface area contributed by atoms with Crippen molar-refractivity contribution in [1.82, 2.24) is 15.3 Å². The maximum absolute atomic E-state index is 11.6. The van der Waals surface area contributed by atoms with Crippen LogP contribution in [0.2, 0.25) is 10.0 Å². The molecule has 0 atom stereocenters. The zero-order valence-corrected chi connectivity index (χ0v) is 12.1. The largest absolute Gasteiger partial charge is 0.352 e. The number of benzene rings is 1. The molecule has 1 aromatic heterocycles. The maximum atomic E-state index is 11.6. The molecule has 1 aromatic carbocycles. The summed E-state index contributed by atoms with van der Waals surface area (Å²) >= 11 is 11.8. The van der Waals surface area contributed by atoms with Crippen LogP contribution in [0.1, 0.15) is 11.4 Å². The number of halogens is 2. The van der Waals surface area contributed by atoms with E-state index in [2.05, 4.69) is 15.3 Å². The number of nitrogens with one attached hydrogen (secondary N) is 2. The lowest BCUT2D eigenvalue weighted by Gasteiger charge is -2.01. The molecule has 0 spiro atoms. The van der Waals surface area contributed by atoms with Gasteiger partial charge in [-0.15, -0.1) is 0 Å². The van der Waals surface area contributed by atoms with Crippen LogP contribution in [-0.4, -0.2) is 22.4 Å². The van der Waals surface area contributed by atoms with Crippen molar-refractivity contribution in [1.29, 1.82) is 0 Å². The van der Waals surface area contributed by atoms with Gasteiger partial charge in [-0.25, -0.2) is 4.98 Å². The Morgan fingerprint density at radius 3 is 2.95 bits per heavy atom. The number of imidazole rings is 1. The second-order valence-electron chi connectivity index (χ2n) is 4.08. The van der Waals surface area contributed by atoms with Gasteiger partial charge in [0.05, 0.1) is 0 Å². The molecule has 2 aromatic rings. The summed E-state index contributed by atoms with van der Waals surface area (Å²) in [6.45, 7) is 0.519. The molecule has 0 aliphatic rings. The Morgan fingerprint density at radius 2 is 2.25 bits per heavy atom. The van der Waals surface area contributed by atoms with Gasteiger partial charge in [-0.1, -0.05) is 29.3 Å². The van der Waals surface area contributed by atoms with Gasteiger partial charge in [0.15, 0.2) is 0 Å². The van der Waals surface area contributed by atoms with Crippen LogP contribution in [0.3, 0.4) is 0 Å². The topological polar surface area (TPSA) is 57.8 Å². The molecule has 0 aliphatic heterocycles. The molecule has 0 fully saturated rings. The number of H-pyrrole nitrogens is 1. The van der Waals surface area contributed by atoms with E-state index < -0.39 is 0 Å². The highest BCUT2D eigenvalue weighted by atomic mass is 35.5. The Morgan fingerprint density at radius 1 is 1.40 bits per heavy atom. The SMILES string of the molecule is O=C(/C=C/c1ccc(Cl)cc1Cl)NCCc1ncc[nH]1. The van der Waals surface area contributed by atoms with E-state index in [4.69, 9.17) is 23.2 Å². The molecule has 1 heterocycles. The molecule has 2 N–H and O–H groups in total. The Kier molecular flexibility index (Phi) is 5.21. The number of hydrogen-bond acceptors (Lipinski definition) is 2. The van der Waals surface area contributed by atoms with Crippen LogP contribution in [0.4, 0.5) is 0 Å². The molecule has 0 unspecified atom stereocenters. The van der Waals surface area contributed by atoms with Gasteiger partial charge in [0, 0.05) is 41.5 Å². The fourth-order valence-electron chi connectivity index (χ4n) is 1.60. The van der Waals surface area contributed by atoms with E-state index in [0.29, 0.717) is 23.0 Å². The smallest absolute Gasteiger partial charge is 0.244 e. The number of aromatic amines is 1. The zero-order chi connectivity index (χ0) is 14.4. The predicted molar refractivity (Wildman–Crippen MR) is 80.8 cm³/mol. The van der Waals surface area contributed by atoms with Gasteiger partial charge in [0.1, 0.15) is 5.82 Å². The quantitative estimate of drug-likeness (QED) is 0.834. The molecule has 1 amide bonds. The van der Waals surface area contributed by atoms with Crippen molar-refractivity contribution >= 4 is 35.2 Å². The van der Waals surface area contributed by atoms with E-state index in [1.54, 1.807) is 36.7 Å². The normalized spacial score (nSPS) is 10.9. The van der Waals surface area contributed by atoms with Gasteiger partial charge < -0.3 is 10.3 Å². The molecule has 104 valence electrons. The van der Waals surface area contributed by atoms with Crippen LogP contribution < -0.4 is 5.32 Å². The molecule has 20 heavy (non-hydrogen) atoms. The third-order valence-corrected chi connectivity index (χ3v) is 3.16. The second-order valence-corrected chi connectivity index (χ2v) is 4.92. The number of amides is 1. The van der Waals surface area contributed by atoms with Gasteiger partial charge >= 0.3 is 0 Å². The molecule has 0 bridgehead atoms. The van der Waals surface area contributed by atoms with Crippen molar-refractivity contribution in [2.45, 2.75) is 6.42 Å². The zero-order valence-electron chi connectivity index (χ0n) is 10.6. The van der Waals surface area contributed by atoms with Gasteiger partial charge in [-0.2, -0.15) is 0 Å². The number of hydrogen-bond donors (Lipinski definition) is 2. The van der Waals surface area contributed by atoms with Crippen LogP contribution in [0.25, 0.3) is 6.08 Å². The molecular formula is C14H13Cl2N3O. The van der Waals surface area contributed by atoms with Crippen LogP contribution in [-0.2, 0) is 11.2 Å². The minimum absolute atomic E-state index is 0.178. The summed E-state index contributed by atoms with van der Waals surface area (Å²) in [6, 6.07) is 5.12. The summed E-state index contributed by atoms with van der Waals surface area (Å²) in [7, 11) is 0. The van der Waals surface area contributed by atoms with Crippen molar-refractivity contribution in [3.05, 3.63) is 58.1 Å². The summed E-state index contributed by atoms with van der Waals surface area (Å²) in [5.74, 6) is 0.664. The number of nitrogens with zero attached hydrogens (tertiary/aromatic N) is 1. The average molecular weight is 310 g/mol. The Hall–Kier alpha value is -1.78. The molecule has 0 aliphatic carbocycles. The van der Waals surface area contributed by atoms with Gasteiger partial charge in [-0.3, -0.25) is 4.79 Å². The highest BCUT2D eigenvalue weighted by Crippen LogP contribution is 2.21. The van der Waals surface area contributed by atoms with E-state index in [1.165, 1.54) is 6.08 Å². The van der Waals surface area contributed by atoms with Crippen molar-refractivity contribution in [3.8, 4) is 0 Å². The minimum atomic E-state index is -0.178. The molecule has 2 rings (SSSR count). The lowest BCUT2D eigenvalue weighted by atomic mass is 10.2. The van der Waals surface area contributed by atoms with Crippen molar-refractivity contribution in [2.24, 2.45) is 0 Å². The minimum Gasteiger partial charge on any atom is -0.352 e. The maximum Gasteiger partial charge on any atom is 0.244 e. The van der Waals surface area contributed by atoms with Crippen molar-refractivity contribution in [3.63, 3.8) is 0 Å². The second kappa shape index (κ2) is 7.12. The third-order valence-electron chi connectivity index (χ3n) is 2.59. The monoisotopic (exact) mass is 309 g/mol. The molecule has 0 saturated heterocycles. The molecular weight excluding hydrogens is 297 g/mol. The van der Waals surface area contributed by atoms with E-state index in [0.717, 1.165) is 11.4 Å². The van der Waals surface area contributed by atoms with Gasteiger partial charge in [0.25, 0.3) is 0 Å². The highest BCUT2D eigenvalue weighted by Gasteiger charge is 2.00. The van der Waals surface area contributed by atoms with Crippen LogP contribution in [0.15, 0.2) is 36.7 Å². The van der Waals surface area contributed by atoms with Crippen molar-refractivity contribution < 1.29 is 4.79 Å². The number of carbonyl (C=O) groups excluding carboxylic acids is 1. The Balaban J connectivity index is 1.83. The summed E-state index contributed by atoms with van der Waals surface area (Å²) < 4.78 is 0. The summed E-state index contributed by atoms with van der Waals surface area (Å²) in [5.41, 5.74) is 0.747. The highest BCUT2D eigenvalue weighted by molar-refractivity contribution is 6.35. The van der Waals surface area contributed by atoms with E-state index in [9.17, 15) is 4.79 Å². The number of rotatable bonds is 5. The number of aromatic nitrogens is 2. The first-order chi connectivity index (χ1) is 9.65. The summed E-state index contributed by atoms with van der Waals surface area (Å²) in [6.07, 6.45) is 7.19. The van der Waals surface area contributed by atoms with Gasteiger partial charge in [0.2, 0.25) is 5.91 Å². The predicted octanol–water partition coefficient (Wildman–Crippen LogP) is 3.09. The molecule has 0 saturated carbocycles. The average Bonchev–Trinajstić information content (AvgIpc) is 2.91. The van der Waals surface area contributed by atoms with E-state index in [1.807, 2.05) is 0 Å². The van der Waals surface area contributed by atoms with Crippen molar-refractivity contribution in [2.75, 3.05) is 6.54 Å². The first-order valence-electron chi connectivity index (χ1n) is 6.04. The first kappa shape index (κ1) is 14.6. The lowest BCUT2D eigenvalue weighted by Crippen LogP contribution is -2.23. The Bertz CT molecular complexity index is 609. The van der Waals surface area contributed by atoms with E-state index in [-0.39, 0.29) is 5.91 Å². The Labute approximate surface area is 126 Å². The summed E-state index contributed by atoms with van der Waals surface area (Å²) in [4.78, 5) is 18.7. The fraction of sp³-hybridized carbons (Fsp3) is 0.143. The fourth-order valence-corrected chi connectivity index (χ4v) is 2.07. The third kappa shape index (κ3) is 4.40. The molecule has 6 heteroatoms. The molecule has 4 nitrogen and oxygen atoms in total. The first-order valence-corrected chi connectivity index (χ1v) is 6.80. The molecule has 0 radical (unpaired) electrons.